The average Bonchev–Trinajstić information content (AvgIpc) is 3.36. The van der Waals surface area contributed by atoms with Crippen molar-refractivity contribution in [3.8, 4) is 17.1 Å². The fourth-order valence-corrected chi connectivity index (χ4v) is 3.57. The van der Waals surface area contributed by atoms with Gasteiger partial charge in [0.1, 0.15) is 5.56 Å². The second kappa shape index (κ2) is 6.78. The second-order valence-corrected chi connectivity index (χ2v) is 7.64. The van der Waals surface area contributed by atoms with Gasteiger partial charge in [-0.1, -0.05) is 24.3 Å². The van der Waals surface area contributed by atoms with Gasteiger partial charge in [0.15, 0.2) is 0 Å². The standard InChI is InChI=1S/C22H22N4O2/c1-25-11-9-19(24-25)17-6-4-15(5-7-17)12-26-13-18-8-10-23-21(20(18)22(26)27)28-14-16-2-3-16/h4-11,16H,2-3,12-14H2,1H3. The molecular formula is C22H22N4O2. The van der Waals surface area contributed by atoms with Gasteiger partial charge < -0.3 is 9.64 Å². The molecule has 0 N–H and O–H groups in total. The molecule has 0 atom stereocenters. The Bertz CT molecular complexity index is 1020. The van der Waals surface area contributed by atoms with E-state index in [2.05, 4.69) is 34.3 Å². The Balaban J connectivity index is 1.30. The van der Waals surface area contributed by atoms with Crippen molar-refractivity contribution in [3.63, 3.8) is 0 Å². The molecule has 0 spiro atoms. The molecule has 0 bridgehead atoms. The van der Waals surface area contributed by atoms with E-state index in [9.17, 15) is 4.79 Å². The third-order valence-electron chi connectivity index (χ3n) is 5.35. The Morgan fingerprint density at radius 3 is 2.68 bits per heavy atom. The van der Waals surface area contributed by atoms with Gasteiger partial charge in [-0.2, -0.15) is 5.10 Å². The van der Waals surface area contributed by atoms with E-state index < -0.39 is 0 Å². The quantitative estimate of drug-likeness (QED) is 0.663. The maximum atomic E-state index is 13.0. The van der Waals surface area contributed by atoms with Crippen LogP contribution in [0.1, 0.15) is 34.3 Å². The number of aromatic nitrogens is 3. The Morgan fingerprint density at radius 1 is 1.14 bits per heavy atom. The number of benzene rings is 1. The number of hydrogen-bond donors (Lipinski definition) is 0. The molecule has 28 heavy (non-hydrogen) atoms. The molecule has 3 aromatic rings. The van der Waals surface area contributed by atoms with Crippen molar-refractivity contribution in [2.24, 2.45) is 13.0 Å². The summed E-state index contributed by atoms with van der Waals surface area (Å²) in [5.41, 5.74) is 4.74. The zero-order valence-corrected chi connectivity index (χ0v) is 15.8. The molecule has 6 heteroatoms. The lowest BCUT2D eigenvalue weighted by molar-refractivity contribution is 0.0762. The summed E-state index contributed by atoms with van der Waals surface area (Å²) in [5, 5.41) is 4.43. The lowest BCUT2D eigenvalue weighted by Crippen LogP contribution is -2.23. The van der Waals surface area contributed by atoms with Crippen LogP contribution in [0.5, 0.6) is 5.88 Å². The molecule has 1 aliphatic carbocycles. The monoisotopic (exact) mass is 374 g/mol. The molecule has 1 aromatic carbocycles. The highest BCUT2D eigenvalue weighted by Gasteiger charge is 2.32. The molecule has 1 aliphatic heterocycles. The van der Waals surface area contributed by atoms with E-state index in [0.29, 0.717) is 37.1 Å². The van der Waals surface area contributed by atoms with Crippen molar-refractivity contribution in [1.29, 1.82) is 0 Å². The van der Waals surface area contributed by atoms with Gasteiger partial charge >= 0.3 is 0 Å². The van der Waals surface area contributed by atoms with Gasteiger partial charge in [-0.15, -0.1) is 0 Å². The summed E-state index contributed by atoms with van der Waals surface area (Å²) in [7, 11) is 1.91. The number of aryl methyl sites for hydroxylation is 1. The van der Waals surface area contributed by atoms with E-state index in [4.69, 9.17) is 4.74 Å². The van der Waals surface area contributed by atoms with Gasteiger partial charge in [-0.05, 0) is 42.0 Å². The number of amides is 1. The lowest BCUT2D eigenvalue weighted by Gasteiger charge is -2.16. The van der Waals surface area contributed by atoms with E-state index in [-0.39, 0.29) is 5.91 Å². The fraction of sp³-hybridized carbons (Fsp3) is 0.318. The Labute approximate surface area is 163 Å². The predicted molar refractivity (Wildman–Crippen MR) is 105 cm³/mol. The summed E-state index contributed by atoms with van der Waals surface area (Å²) in [6.45, 7) is 1.82. The molecule has 1 fully saturated rings. The van der Waals surface area contributed by atoms with Crippen molar-refractivity contribution in [2.75, 3.05) is 6.61 Å². The summed E-state index contributed by atoms with van der Waals surface area (Å²) in [5.74, 6) is 1.12. The summed E-state index contributed by atoms with van der Waals surface area (Å²) >= 11 is 0. The molecule has 0 radical (unpaired) electrons. The van der Waals surface area contributed by atoms with Crippen molar-refractivity contribution in [2.45, 2.75) is 25.9 Å². The highest BCUT2D eigenvalue weighted by atomic mass is 16.5. The van der Waals surface area contributed by atoms with Gasteiger partial charge in [-0.25, -0.2) is 4.98 Å². The van der Waals surface area contributed by atoms with Crippen LogP contribution in [0.2, 0.25) is 0 Å². The number of carbonyl (C=O) groups is 1. The van der Waals surface area contributed by atoms with Gasteiger partial charge in [0.25, 0.3) is 5.91 Å². The number of nitrogens with zero attached hydrogens (tertiary/aromatic N) is 4. The van der Waals surface area contributed by atoms with Gasteiger partial charge in [0.05, 0.1) is 12.3 Å². The van der Waals surface area contributed by atoms with E-state index in [0.717, 1.165) is 22.4 Å². The van der Waals surface area contributed by atoms with Crippen molar-refractivity contribution in [1.82, 2.24) is 19.7 Å². The number of ether oxygens (including phenoxy) is 1. The first kappa shape index (κ1) is 17.0. The van der Waals surface area contributed by atoms with Crippen LogP contribution < -0.4 is 4.74 Å². The van der Waals surface area contributed by atoms with Crippen LogP contribution in [0.25, 0.3) is 11.3 Å². The third kappa shape index (κ3) is 3.26. The highest BCUT2D eigenvalue weighted by Crippen LogP contribution is 2.33. The Kier molecular flexibility index (Phi) is 4.11. The summed E-state index contributed by atoms with van der Waals surface area (Å²) in [4.78, 5) is 19.1. The summed E-state index contributed by atoms with van der Waals surface area (Å²) in [6, 6.07) is 12.1. The molecule has 2 aromatic heterocycles. The first-order chi connectivity index (χ1) is 13.7. The van der Waals surface area contributed by atoms with Crippen LogP contribution >= 0.6 is 0 Å². The Hall–Kier alpha value is -3.15. The van der Waals surface area contributed by atoms with Gasteiger partial charge in [0.2, 0.25) is 5.88 Å². The number of carbonyl (C=O) groups excluding carboxylic acids is 1. The smallest absolute Gasteiger partial charge is 0.260 e. The van der Waals surface area contributed by atoms with Crippen LogP contribution in [-0.2, 0) is 20.1 Å². The predicted octanol–water partition coefficient (Wildman–Crippen LogP) is 3.43. The summed E-state index contributed by atoms with van der Waals surface area (Å²) in [6.07, 6.45) is 6.09. The summed E-state index contributed by atoms with van der Waals surface area (Å²) < 4.78 is 7.63. The topological polar surface area (TPSA) is 60.2 Å². The van der Waals surface area contributed by atoms with E-state index in [1.165, 1.54) is 12.8 Å². The van der Waals surface area contributed by atoms with E-state index in [1.807, 2.05) is 30.3 Å². The van der Waals surface area contributed by atoms with Crippen LogP contribution in [-0.4, -0.2) is 32.2 Å². The third-order valence-corrected chi connectivity index (χ3v) is 5.35. The zero-order chi connectivity index (χ0) is 19.1. The lowest BCUT2D eigenvalue weighted by atomic mass is 10.1. The van der Waals surface area contributed by atoms with Gasteiger partial charge in [0, 0.05) is 38.1 Å². The molecule has 1 saturated carbocycles. The maximum absolute atomic E-state index is 13.0. The first-order valence-electron chi connectivity index (χ1n) is 9.66. The molecule has 3 heterocycles. The number of pyridine rings is 1. The molecule has 6 nitrogen and oxygen atoms in total. The highest BCUT2D eigenvalue weighted by molar-refractivity contribution is 6.00. The van der Waals surface area contributed by atoms with Crippen LogP contribution in [0.4, 0.5) is 0 Å². The minimum Gasteiger partial charge on any atom is -0.477 e. The van der Waals surface area contributed by atoms with Crippen LogP contribution in [0.3, 0.4) is 0 Å². The minimum absolute atomic E-state index is 0.00250. The van der Waals surface area contributed by atoms with Crippen molar-refractivity contribution < 1.29 is 9.53 Å². The fourth-order valence-electron chi connectivity index (χ4n) is 3.57. The molecule has 0 unspecified atom stereocenters. The maximum Gasteiger partial charge on any atom is 0.260 e. The van der Waals surface area contributed by atoms with Crippen LogP contribution in [0.15, 0.2) is 48.8 Å². The van der Waals surface area contributed by atoms with E-state index >= 15 is 0 Å². The number of hydrogen-bond acceptors (Lipinski definition) is 4. The number of fused-ring (bicyclic) bond motifs is 1. The molecular weight excluding hydrogens is 352 g/mol. The SMILES string of the molecule is Cn1ccc(-c2ccc(CN3Cc4ccnc(OCC5CC5)c4C3=O)cc2)n1. The molecule has 0 saturated heterocycles. The van der Waals surface area contributed by atoms with Gasteiger partial charge in [-0.3, -0.25) is 9.48 Å². The average molecular weight is 374 g/mol. The van der Waals surface area contributed by atoms with Crippen LogP contribution in [0, 0.1) is 5.92 Å². The molecule has 5 rings (SSSR count). The zero-order valence-electron chi connectivity index (χ0n) is 15.8. The minimum atomic E-state index is 0.00250. The second-order valence-electron chi connectivity index (χ2n) is 7.64. The van der Waals surface area contributed by atoms with Crippen molar-refractivity contribution >= 4 is 5.91 Å². The molecule has 142 valence electrons. The van der Waals surface area contributed by atoms with Crippen molar-refractivity contribution in [3.05, 3.63) is 65.5 Å². The normalized spacial score (nSPS) is 15.8. The number of rotatable bonds is 6. The largest absolute Gasteiger partial charge is 0.477 e. The molecule has 1 amide bonds. The first-order valence-corrected chi connectivity index (χ1v) is 9.66. The molecule has 2 aliphatic rings. The van der Waals surface area contributed by atoms with E-state index in [1.54, 1.807) is 10.9 Å². The Morgan fingerprint density at radius 2 is 1.96 bits per heavy atom.